The van der Waals surface area contributed by atoms with Gasteiger partial charge in [-0.25, -0.2) is 0 Å². The monoisotopic (exact) mass is 368 g/mol. The fourth-order valence-corrected chi connectivity index (χ4v) is 3.76. The molecule has 1 amide bonds. The highest BCUT2D eigenvalue weighted by Crippen LogP contribution is 2.38. The lowest BCUT2D eigenvalue weighted by Crippen LogP contribution is -2.49. The van der Waals surface area contributed by atoms with Crippen LogP contribution < -0.4 is 15.2 Å². The number of methoxy groups -OCH3 is 1. The SMILES string of the molecule is CCCOc1c(CN2CCCC(CC)(C(N)=O)C2)cc(Cl)cc1OC. The molecule has 0 saturated carbocycles. The van der Waals surface area contributed by atoms with Crippen LogP contribution in [-0.4, -0.2) is 37.6 Å². The number of carbonyl (C=O) groups excluding carboxylic acids is 1. The largest absolute Gasteiger partial charge is 0.493 e. The second-order valence-electron chi connectivity index (χ2n) is 6.76. The average Bonchev–Trinajstić information content (AvgIpc) is 2.60. The van der Waals surface area contributed by atoms with Crippen LogP contribution in [0.1, 0.15) is 45.1 Å². The molecule has 0 bridgehead atoms. The molecule has 1 heterocycles. The second kappa shape index (κ2) is 8.77. The Kier molecular flexibility index (Phi) is 6.96. The molecule has 0 aromatic heterocycles. The second-order valence-corrected chi connectivity index (χ2v) is 7.19. The van der Waals surface area contributed by atoms with E-state index >= 15 is 0 Å². The zero-order chi connectivity index (χ0) is 18.4. The molecule has 0 radical (unpaired) electrons. The van der Waals surface area contributed by atoms with Crippen molar-refractivity contribution in [3.63, 3.8) is 0 Å². The van der Waals surface area contributed by atoms with Gasteiger partial charge in [0.05, 0.1) is 19.1 Å². The van der Waals surface area contributed by atoms with Crippen molar-refractivity contribution in [2.75, 3.05) is 26.8 Å². The number of primary amides is 1. The Hall–Kier alpha value is -1.46. The first-order valence-electron chi connectivity index (χ1n) is 8.97. The smallest absolute Gasteiger partial charge is 0.224 e. The normalized spacial score (nSPS) is 21.1. The van der Waals surface area contributed by atoms with Crippen molar-refractivity contribution in [1.29, 1.82) is 0 Å². The predicted octanol–water partition coefficient (Wildman–Crippen LogP) is 3.61. The lowest BCUT2D eigenvalue weighted by Gasteiger charge is -2.40. The Balaban J connectivity index is 2.26. The van der Waals surface area contributed by atoms with Crippen molar-refractivity contribution in [2.45, 2.75) is 46.1 Å². The van der Waals surface area contributed by atoms with Crippen LogP contribution in [0.5, 0.6) is 11.5 Å². The molecule has 140 valence electrons. The van der Waals surface area contributed by atoms with Crippen molar-refractivity contribution >= 4 is 17.5 Å². The minimum atomic E-state index is -0.439. The van der Waals surface area contributed by atoms with E-state index in [1.807, 2.05) is 13.0 Å². The maximum Gasteiger partial charge on any atom is 0.224 e. The molecule has 1 saturated heterocycles. The van der Waals surface area contributed by atoms with Gasteiger partial charge in [-0.05, 0) is 38.3 Å². The van der Waals surface area contributed by atoms with Gasteiger partial charge in [0.15, 0.2) is 11.5 Å². The highest BCUT2D eigenvalue weighted by atomic mass is 35.5. The zero-order valence-electron chi connectivity index (χ0n) is 15.4. The number of carbonyl (C=O) groups is 1. The zero-order valence-corrected chi connectivity index (χ0v) is 16.2. The highest BCUT2D eigenvalue weighted by molar-refractivity contribution is 6.30. The van der Waals surface area contributed by atoms with E-state index in [2.05, 4.69) is 11.8 Å². The number of nitrogens with zero attached hydrogens (tertiary/aromatic N) is 1. The molecule has 1 fully saturated rings. The number of hydrogen-bond acceptors (Lipinski definition) is 4. The van der Waals surface area contributed by atoms with E-state index in [-0.39, 0.29) is 5.91 Å². The molecular weight excluding hydrogens is 340 g/mol. The molecule has 1 unspecified atom stereocenters. The quantitative estimate of drug-likeness (QED) is 0.761. The molecule has 1 aliphatic rings. The number of halogens is 1. The van der Waals surface area contributed by atoms with Gasteiger partial charge in [0, 0.05) is 29.7 Å². The first-order chi connectivity index (χ1) is 12.0. The Labute approximate surface area is 155 Å². The third-order valence-electron chi connectivity index (χ3n) is 5.02. The molecular formula is C19H29ClN2O3. The first-order valence-corrected chi connectivity index (χ1v) is 9.35. The van der Waals surface area contributed by atoms with E-state index < -0.39 is 5.41 Å². The van der Waals surface area contributed by atoms with E-state index in [1.54, 1.807) is 13.2 Å². The van der Waals surface area contributed by atoms with E-state index in [9.17, 15) is 4.79 Å². The summed E-state index contributed by atoms with van der Waals surface area (Å²) in [5.74, 6) is 1.18. The van der Waals surface area contributed by atoms with Gasteiger partial charge in [-0.3, -0.25) is 9.69 Å². The fraction of sp³-hybridized carbons (Fsp3) is 0.632. The number of hydrogen-bond donors (Lipinski definition) is 1. The Bertz CT molecular complexity index is 609. The third kappa shape index (κ3) is 4.59. The summed E-state index contributed by atoms with van der Waals surface area (Å²) in [4.78, 5) is 14.3. The minimum Gasteiger partial charge on any atom is -0.493 e. The van der Waals surface area contributed by atoms with Gasteiger partial charge in [0.25, 0.3) is 0 Å². The number of nitrogens with two attached hydrogens (primary N) is 1. The standard InChI is InChI=1S/C19H29ClN2O3/c1-4-9-25-17-14(10-15(20)11-16(17)24-3)12-22-8-6-7-19(5-2,13-22)18(21)23/h10-11H,4-9,12-13H2,1-3H3,(H2,21,23). The maximum atomic E-state index is 12.0. The molecule has 1 aromatic rings. The van der Waals surface area contributed by atoms with Gasteiger partial charge in [0.2, 0.25) is 5.91 Å². The molecule has 0 aliphatic carbocycles. The van der Waals surface area contributed by atoms with Crippen LogP contribution in [0.4, 0.5) is 0 Å². The average molecular weight is 369 g/mol. The number of piperidine rings is 1. The topological polar surface area (TPSA) is 64.8 Å². The molecule has 0 spiro atoms. The summed E-state index contributed by atoms with van der Waals surface area (Å²) in [5.41, 5.74) is 6.24. The van der Waals surface area contributed by atoms with Crippen molar-refractivity contribution in [1.82, 2.24) is 4.90 Å². The lowest BCUT2D eigenvalue weighted by atomic mass is 9.77. The predicted molar refractivity (Wildman–Crippen MR) is 100 cm³/mol. The summed E-state index contributed by atoms with van der Waals surface area (Å²) in [5, 5.41) is 0.615. The summed E-state index contributed by atoms with van der Waals surface area (Å²) in [6.07, 6.45) is 3.49. The number of amides is 1. The molecule has 1 atom stereocenters. The van der Waals surface area contributed by atoms with Crippen molar-refractivity contribution in [2.24, 2.45) is 11.1 Å². The van der Waals surface area contributed by atoms with Gasteiger partial charge in [-0.1, -0.05) is 25.4 Å². The van der Waals surface area contributed by atoms with Crippen LogP contribution in [-0.2, 0) is 11.3 Å². The molecule has 6 heteroatoms. The van der Waals surface area contributed by atoms with Gasteiger partial charge < -0.3 is 15.2 Å². The van der Waals surface area contributed by atoms with Crippen molar-refractivity contribution in [3.05, 3.63) is 22.7 Å². The highest BCUT2D eigenvalue weighted by Gasteiger charge is 2.39. The summed E-state index contributed by atoms with van der Waals surface area (Å²) < 4.78 is 11.4. The fourth-order valence-electron chi connectivity index (χ4n) is 3.53. The third-order valence-corrected chi connectivity index (χ3v) is 5.23. The molecule has 2 N–H and O–H groups in total. The Morgan fingerprint density at radius 2 is 2.16 bits per heavy atom. The van der Waals surface area contributed by atoms with Gasteiger partial charge in [0.1, 0.15) is 0 Å². The number of rotatable bonds is 8. The summed E-state index contributed by atoms with van der Waals surface area (Å²) in [7, 11) is 1.62. The summed E-state index contributed by atoms with van der Waals surface area (Å²) in [6.45, 7) is 6.97. The Morgan fingerprint density at radius 1 is 1.40 bits per heavy atom. The molecule has 1 aliphatic heterocycles. The van der Waals surface area contributed by atoms with Gasteiger partial charge in [-0.2, -0.15) is 0 Å². The molecule has 5 nitrogen and oxygen atoms in total. The molecule has 25 heavy (non-hydrogen) atoms. The van der Waals surface area contributed by atoms with E-state index in [1.165, 1.54) is 0 Å². The maximum absolute atomic E-state index is 12.0. The van der Waals surface area contributed by atoms with Crippen LogP contribution in [0.25, 0.3) is 0 Å². The van der Waals surface area contributed by atoms with Gasteiger partial charge in [-0.15, -0.1) is 0 Å². The number of ether oxygens (including phenoxy) is 2. The van der Waals surface area contributed by atoms with Crippen LogP contribution in [0.15, 0.2) is 12.1 Å². The van der Waals surface area contributed by atoms with Crippen LogP contribution in [0.3, 0.4) is 0 Å². The minimum absolute atomic E-state index is 0.203. The van der Waals surface area contributed by atoms with Crippen LogP contribution in [0, 0.1) is 5.41 Å². The van der Waals surface area contributed by atoms with Crippen molar-refractivity contribution in [3.8, 4) is 11.5 Å². The Morgan fingerprint density at radius 3 is 2.76 bits per heavy atom. The number of benzene rings is 1. The van der Waals surface area contributed by atoms with E-state index in [0.717, 1.165) is 43.5 Å². The van der Waals surface area contributed by atoms with Crippen LogP contribution >= 0.6 is 11.6 Å². The summed E-state index contributed by atoms with van der Waals surface area (Å²) in [6, 6.07) is 3.69. The first kappa shape index (κ1) is 19.9. The molecule has 2 rings (SSSR count). The van der Waals surface area contributed by atoms with E-state index in [4.69, 9.17) is 26.8 Å². The lowest BCUT2D eigenvalue weighted by molar-refractivity contribution is -0.131. The van der Waals surface area contributed by atoms with Gasteiger partial charge >= 0.3 is 0 Å². The molecule has 1 aromatic carbocycles. The number of likely N-dealkylation sites (tertiary alicyclic amines) is 1. The van der Waals surface area contributed by atoms with Crippen LogP contribution in [0.2, 0.25) is 5.02 Å². The van der Waals surface area contributed by atoms with E-state index in [0.29, 0.717) is 30.5 Å². The summed E-state index contributed by atoms with van der Waals surface area (Å²) >= 11 is 6.26. The van der Waals surface area contributed by atoms with Crippen molar-refractivity contribution < 1.29 is 14.3 Å².